The third-order valence-electron chi connectivity index (χ3n) is 4.31. The molecule has 1 aromatic rings. The molecule has 6 heteroatoms. The molecule has 1 heterocycles. The first kappa shape index (κ1) is 20.1. The molecule has 0 spiro atoms. The number of benzene rings is 1. The maximum Gasteiger partial charge on any atom is 0.244 e. The SMILES string of the molecule is C[C@H](N)C(=O)N[C@H](/C=C/C(=O)NC1CCCOC1)CCc1ccccc1. The summed E-state index contributed by atoms with van der Waals surface area (Å²) in [5.74, 6) is -0.394. The van der Waals surface area contributed by atoms with Crippen LogP contribution in [0.25, 0.3) is 0 Å². The fourth-order valence-corrected chi connectivity index (χ4v) is 2.80. The van der Waals surface area contributed by atoms with Gasteiger partial charge in [0.25, 0.3) is 0 Å². The molecule has 0 radical (unpaired) electrons. The lowest BCUT2D eigenvalue weighted by atomic mass is 10.0. The van der Waals surface area contributed by atoms with E-state index in [1.807, 2.05) is 30.3 Å². The van der Waals surface area contributed by atoms with Gasteiger partial charge in [0.1, 0.15) is 0 Å². The van der Waals surface area contributed by atoms with Gasteiger partial charge in [-0.2, -0.15) is 0 Å². The Morgan fingerprint density at radius 3 is 2.77 bits per heavy atom. The molecule has 6 nitrogen and oxygen atoms in total. The highest BCUT2D eigenvalue weighted by Gasteiger charge is 2.16. The van der Waals surface area contributed by atoms with Crippen LogP contribution in [0.5, 0.6) is 0 Å². The lowest BCUT2D eigenvalue weighted by molar-refractivity contribution is -0.122. The van der Waals surface area contributed by atoms with Crippen molar-refractivity contribution in [1.82, 2.24) is 10.6 Å². The number of nitrogens with two attached hydrogens (primary N) is 1. The second kappa shape index (κ2) is 10.7. The first-order valence-electron chi connectivity index (χ1n) is 9.21. The molecule has 1 fully saturated rings. The highest BCUT2D eigenvalue weighted by atomic mass is 16.5. The number of carbonyl (C=O) groups excluding carboxylic acids is 2. The minimum absolute atomic E-state index is 0.0577. The Balaban J connectivity index is 1.90. The van der Waals surface area contributed by atoms with Crippen LogP contribution in [0, 0.1) is 0 Å². The summed E-state index contributed by atoms with van der Waals surface area (Å²) in [4.78, 5) is 24.1. The number of nitrogens with one attached hydrogen (secondary N) is 2. The molecule has 1 saturated heterocycles. The molecule has 0 aliphatic carbocycles. The van der Waals surface area contributed by atoms with Crippen LogP contribution in [0.1, 0.15) is 31.7 Å². The predicted octanol–water partition coefficient (Wildman–Crippen LogP) is 1.30. The van der Waals surface area contributed by atoms with Gasteiger partial charge >= 0.3 is 0 Å². The summed E-state index contributed by atoms with van der Waals surface area (Å²) in [6.45, 7) is 2.95. The Hall–Kier alpha value is -2.18. The smallest absolute Gasteiger partial charge is 0.244 e. The Bertz CT molecular complexity index is 596. The normalized spacial score (nSPS) is 19.7. The summed E-state index contributed by atoms with van der Waals surface area (Å²) in [6, 6.07) is 9.26. The van der Waals surface area contributed by atoms with Crippen molar-refractivity contribution >= 4 is 11.8 Å². The minimum atomic E-state index is -0.587. The van der Waals surface area contributed by atoms with Crippen LogP contribution in [0.3, 0.4) is 0 Å². The van der Waals surface area contributed by atoms with Crippen molar-refractivity contribution < 1.29 is 14.3 Å². The number of rotatable bonds is 8. The molecule has 142 valence electrons. The van der Waals surface area contributed by atoms with Gasteiger partial charge < -0.3 is 21.1 Å². The van der Waals surface area contributed by atoms with E-state index in [2.05, 4.69) is 10.6 Å². The fourth-order valence-electron chi connectivity index (χ4n) is 2.80. The highest BCUT2D eigenvalue weighted by molar-refractivity contribution is 5.88. The van der Waals surface area contributed by atoms with Gasteiger partial charge in [0.2, 0.25) is 11.8 Å². The summed E-state index contributed by atoms with van der Waals surface area (Å²) >= 11 is 0. The molecule has 4 N–H and O–H groups in total. The number of hydrogen-bond donors (Lipinski definition) is 3. The average molecular weight is 359 g/mol. The van der Waals surface area contributed by atoms with Gasteiger partial charge in [-0.3, -0.25) is 9.59 Å². The molecule has 1 aliphatic heterocycles. The van der Waals surface area contributed by atoms with Crippen molar-refractivity contribution in [1.29, 1.82) is 0 Å². The quantitative estimate of drug-likeness (QED) is 0.610. The summed E-state index contributed by atoms with van der Waals surface area (Å²) in [5.41, 5.74) is 6.83. The third kappa shape index (κ3) is 7.37. The fraction of sp³-hybridized carbons (Fsp3) is 0.500. The lowest BCUT2D eigenvalue weighted by Gasteiger charge is -2.22. The van der Waals surface area contributed by atoms with Gasteiger partial charge in [0.05, 0.1) is 18.7 Å². The zero-order chi connectivity index (χ0) is 18.8. The van der Waals surface area contributed by atoms with Crippen molar-refractivity contribution in [3.63, 3.8) is 0 Å². The number of amides is 2. The Labute approximate surface area is 155 Å². The minimum Gasteiger partial charge on any atom is -0.379 e. The van der Waals surface area contributed by atoms with E-state index in [1.54, 1.807) is 13.0 Å². The van der Waals surface area contributed by atoms with E-state index < -0.39 is 6.04 Å². The number of ether oxygens (including phenoxy) is 1. The summed E-state index contributed by atoms with van der Waals surface area (Å²) < 4.78 is 5.37. The maximum atomic E-state index is 12.1. The molecule has 26 heavy (non-hydrogen) atoms. The van der Waals surface area contributed by atoms with E-state index in [0.29, 0.717) is 13.0 Å². The topological polar surface area (TPSA) is 93.5 Å². The molecular formula is C20H29N3O3. The van der Waals surface area contributed by atoms with Crippen molar-refractivity contribution in [2.75, 3.05) is 13.2 Å². The van der Waals surface area contributed by atoms with Crippen LogP contribution in [0.15, 0.2) is 42.5 Å². The van der Waals surface area contributed by atoms with Gasteiger partial charge in [0, 0.05) is 18.7 Å². The van der Waals surface area contributed by atoms with Gasteiger partial charge in [-0.05, 0) is 38.2 Å². The number of aryl methyl sites for hydroxylation is 1. The summed E-state index contributed by atoms with van der Waals surface area (Å²) in [5, 5.41) is 5.83. The Morgan fingerprint density at radius 2 is 2.12 bits per heavy atom. The number of hydrogen-bond acceptors (Lipinski definition) is 4. The standard InChI is InChI=1S/C20H29N3O3/c1-15(21)20(25)23-17(10-9-16-6-3-2-4-7-16)11-12-19(24)22-18-8-5-13-26-14-18/h2-4,6-7,11-12,15,17-18H,5,8-10,13-14,21H2,1H3,(H,22,24)(H,23,25)/b12-11+/t15-,17-,18?/m0/s1. The predicted molar refractivity (Wildman–Crippen MR) is 101 cm³/mol. The van der Waals surface area contributed by atoms with Crippen LogP contribution in [-0.4, -0.2) is 43.2 Å². The zero-order valence-corrected chi connectivity index (χ0v) is 15.3. The van der Waals surface area contributed by atoms with Crippen LogP contribution < -0.4 is 16.4 Å². The summed E-state index contributed by atoms with van der Waals surface area (Å²) in [7, 11) is 0. The van der Waals surface area contributed by atoms with E-state index in [4.69, 9.17) is 10.5 Å². The van der Waals surface area contributed by atoms with E-state index in [9.17, 15) is 9.59 Å². The van der Waals surface area contributed by atoms with E-state index in [-0.39, 0.29) is 23.9 Å². The monoisotopic (exact) mass is 359 g/mol. The van der Waals surface area contributed by atoms with Crippen molar-refractivity contribution in [3.8, 4) is 0 Å². The largest absolute Gasteiger partial charge is 0.379 e. The molecule has 0 bridgehead atoms. The van der Waals surface area contributed by atoms with Gasteiger partial charge in [-0.15, -0.1) is 0 Å². The second-order valence-corrected chi connectivity index (χ2v) is 6.71. The van der Waals surface area contributed by atoms with Crippen LogP contribution in [0.2, 0.25) is 0 Å². The first-order valence-corrected chi connectivity index (χ1v) is 9.21. The molecule has 0 saturated carbocycles. The van der Waals surface area contributed by atoms with Gasteiger partial charge in [-0.25, -0.2) is 0 Å². The zero-order valence-electron chi connectivity index (χ0n) is 15.3. The van der Waals surface area contributed by atoms with Gasteiger partial charge in [0.15, 0.2) is 0 Å². The molecule has 1 aliphatic rings. The molecule has 3 atom stereocenters. The van der Waals surface area contributed by atoms with Crippen LogP contribution in [0.4, 0.5) is 0 Å². The van der Waals surface area contributed by atoms with Crippen LogP contribution >= 0.6 is 0 Å². The maximum absolute atomic E-state index is 12.1. The van der Waals surface area contributed by atoms with Crippen molar-refractivity contribution in [2.24, 2.45) is 5.73 Å². The Morgan fingerprint density at radius 1 is 1.35 bits per heavy atom. The number of carbonyl (C=O) groups is 2. The van der Waals surface area contributed by atoms with E-state index in [1.165, 1.54) is 11.6 Å². The van der Waals surface area contributed by atoms with Crippen LogP contribution in [-0.2, 0) is 20.7 Å². The lowest BCUT2D eigenvalue weighted by Crippen LogP contribution is -2.43. The van der Waals surface area contributed by atoms with E-state index in [0.717, 1.165) is 25.9 Å². The van der Waals surface area contributed by atoms with Crippen molar-refractivity contribution in [2.45, 2.75) is 50.7 Å². The molecular weight excluding hydrogens is 330 g/mol. The molecule has 1 aromatic carbocycles. The van der Waals surface area contributed by atoms with Gasteiger partial charge in [-0.1, -0.05) is 36.4 Å². The Kier molecular flexibility index (Phi) is 8.31. The average Bonchev–Trinajstić information content (AvgIpc) is 2.65. The first-order chi connectivity index (χ1) is 12.5. The van der Waals surface area contributed by atoms with E-state index >= 15 is 0 Å². The molecule has 1 unspecified atom stereocenters. The molecule has 2 amide bonds. The highest BCUT2D eigenvalue weighted by Crippen LogP contribution is 2.08. The summed E-state index contributed by atoms with van der Waals surface area (Å²) in [6.07, 6.45) is 6.61. The molecule has 0 aromatic heterocycles. The second-order valence-electron chi connectivity index (χ2n) is 6.71. The molecule has 2 rings (SSSR count). The third-order valence-corrected chi connectivity index (χ3v) is 4.31. The van der Waals surface area contributed by atoms with Crippen molar-refractivity contribution in [3.05, 3.63) is 48.0 Å².